The van der Waals surface area contributed by atoms with Gasteiger partial charge in [0.25, 0.3) is 0 Å². The molecule has 132 valence electrons. The Kier molecular flexibility index (Phi) is 4.81. The summed E-state index contributed by atoms with van der Waals surface area (Å²) >= 11 is 0. The van der Waals surface area contributed by atoms with E-state index in [1.807, 2.05) is 12.4 Å². The van der Waals surface area contributed by atoms with Crippen LogP contribution in [0, 0.1) is 5.92 Å². The average molecular weight is 339 g/mol. The zero-order valence-corrected chi connectivity index (χ0v) is 14.6. The molecule has 0 unspecified atom stereocenters. The molecule has 25 heavy (non-hydrogen) atoms. The maximum Gasteiger partial charge on any atom is 0.126 e. The Balaban J connectivity index is 1.54. The lowest BCUT2D eigenvalue weighted by Crippen LogP contribution is -2.33. The molecule has 6 heteroatoms. The molecule has 4 rings (SSSR count). The van der Waals surface area contributed by atoms with Gasteiger partial charge in [-0.15, -0.1) is 0 Å². The fourth-order valence-corrected chi connectivity index (χ4v) is 3.71. The van der Waals surface area contributed by atoms with Crippen LogP contribution in [0.4, 0.5) is 0 Å². The molecule has 2 N–H and O–H groups in total. The van der Waals surface area contributed by atoms with Gasteiger partial charge in [0.1, 0.15) is 5.82 Å². The molecular weight excluding hydrogens is 314 g/mol. The summed E-state index contributed by atoms with van der Waals surface area (Å²) in [5.74, 6) is 1.69. The van der Waals surface area contributed by atoms with Gasteiger partial charge in [0.2, 0.25) is 0 Å². The highest BCUT2D eigenvalue weighted by Crippen LogP contribution is 2.30. The van der Waals surface area contributed by atoms with Crippen molar-refractivity contribution in [3.63, 3.8) is 0 Å². The summed E-state index contributed by atoms with van der Waals surface area (Å²) in [6.45, 7) is 5.61. The monoisotopic (exact) mass is 339 g/mol. The Labute approximate surface area is 147 Å². The molecule has 1 fully saturated rings. The van der Waals surface area contributed by atoms with Crippen molar-refractivity contribution in [3.8, 4) is 0 Å². The molecule has 3 heterocycles. The van der Waals surface area contributed by atoms with Gasteiger partial charge < -0.3 is 14.6 Å². The molecule has 1 aliphatic heterocycles. The Bertz CT molecular complexity index is 818. The first kappa shape index (κ1) is 16.3. The van der Waals surface area contributed by atoms with E-state index in [2.05, 4.69) is 56.4 Å². The summed E-state index contributed by atoms with van der Waals surface area (Å²) in [4.78, 5) is 4.66. The Hall–Kier alpha value is -2.18. The van der Waals surface area contributed by atoms with Crippen LogP contribution in [-0.4, -0.2) is 33.0 Å². The first-order valence-corrected chi connectivity index (χ1v) is 9.09. The molecule has 0 saturated carbocycles. The smallest absolute Gasteiger partial charge is 0.126 e. The molecule has 6 nitrogen and oxygen atoms in total. The molecule has 1 saturated heterocycles. The lowest BCUT2D eigenvalue weighted by molar-refractivity contribution is 0.0517. The quantitative estimate of drug-likeness (QED) is 0.724. The van der Waals surface area contributed by atoms with Crippen LogP contribution in [0.5, 0.6) is 0 Å². The van der Waals surface area contributed by atoms with E-state index in [0.29, 0.717) is 5.92 Å². The fraction of sp³-hybridized carbons (Fsp3) is 0.474. The van der Waals surface area contributed by atoms with E-state index in [-0.39, 0.29) is 6.04 Å². The molecule has 0 amide bonds. The third kappa shape index (κ3) is 3.45. The number of hydrogen-bond donors (Lipinski definition) is 2. The zero-order valence-electron chi connectivity index (χ0n) is 14.6. The van der Waals surface area contributed by atoms with Gasteiger partial charge in [-0.05, 0) is 37.3 Å². The van der Waals surface area contributed by atoms with Crippen molar-refractivity contribution in [2.75, 3.05) is 13.2 Å². The van der Waals surface area contributed by atoms with Gasteiger partial charge in [-0.3, -0.25) is 5.10 Å². The molecular formula is C19H25N5O. The van der Waals surface area contributed by atoms with Crippen molar-refractivity contribution < 1.29 is 4.74 Å². The third-order valence-corrected chi connectivity index (χ3v) is 5.14. The minimum absolute atomic E-state index is 0.247. The molecule has 0 bridgehead atoms. The summed E-state index contributed by atoms with van der Waals surface area (Å²) in [7, 11) is 0. The Morgan fingerprint density at radius 1 is 1.36 bits per heavy atom. The van der Waals surface area contributed by atoms with E-state index in [1.54, 1.807) is 0 Å². The number of fused-ring (bicyclic) bond motifs is 1. The predicted molar refractivity (Wildman–Crippen MR) is 97.1 cm³/mol. The number of hydrogen-bond acceptors (Lipinski definition) is 4. The lowest BCUT2D eigenvalue weighted by Gasteiger charge is -2.31. The average Bonchev–Trinajstić information content (AvgIpc) is 3.31. The van der Waals surface area contributed by atoms with E-state index >= 15 is 0 Å². The van der Waals surface area contributed by atoms with Crippen molar-refractivity contribution in [3.05, 3.63) is 48.2 Å². The van der Waals surface area contributed by atoms with Gasteiger partial charge in [0, 0.05) is 44.1 Å². The number of rotatable bonds is 6. The van der Waals surface area contributed by atoms with Crippen LogP contribution in [0.15, 0.2) is 36.8 Å². The largest absolute Gasteiger partial charge is 0.381 e. The minimum atomic E-state index is 0.247. The SMILES string of the molecule is CCn1ccnc1[C@@H](NCc1ccc2cn[nH]c2c1)C1CCOCC1. The van der Waals surface area contributed by atoms with Crippen LogP contribution in [0.25, 0.3) is 10.9 Å². The van der Waals surface area contributed by atoms with Crippen molar-refractivity contribution in [2.24, 2.45) is 5.92 Å². The summed E-state index contributed by atoms with van der Waals surface area (Å²) < 4.78 is 7.80. The second-order valence-electron chi connectivity index (χ2n) is 6.67. The van der Waals surface area contributed by atoms with Crippen LogP contribution in [-0.2, 0) is 17.8 Å². The van der Waals surface area contributed by atoms with Crippen molar-refractivity contribution in [2.45, 2.75) is 38.9 Å². The van der Waals surface area contributed by atoms with E-state index < -0.39 is 0 Å². The van der Waals surface area contributed by atoms with Gasteiger partial charge in [-0.25, -0.2) is 4.98 Å². The van der Waals surface area contributed by atoms with Gasteiger partial charge in [0.05, 0.1) is 17.8 Å². The first-order chi connectivity index (χ1) is 12.3. The number of ether oxygens (including phenoxy) is 1. The van der Waals surface area contributed by atoms with E-state index in [0.717, 1.165) is 55.9 Å². The second-order valence-corrected chi connectivity index (χ2v) is 6.67. The number of nitrogens with zero attached hydrogens (tertiary/aromatic N) is 3. The molecule has 1 aliphatic rings. The molecule has 0 aliphatic carbocycles. The van der Waals surface area contributed by atoms with Crippen LogP contribution in [0.2, 0.25) is 0 Å². The molecule has 0 radical (unpaired) electrons. The van der Waals surface area contributed by atoms with Crippen molar-refractivity contribution >= 4 is 10.9 Å². The van der Waals surface area contributed by atoms with E-state index in [9.17, 15) is 0 Å². The summed E-state index contributed by atoms with van der Waals surface area (Å²) in [5.41, 5.74) is 2.33. The molecule has 0 spiro atoms. The maximum atomic E-state index is 5.56. The standard InChI is InChI=1S/C19H25N5O/c1-2-24-8-7-20-19(24)18(15-5-9-25-10-6-15)21-12-14-3-4-16-13-22-23-17(16)11-14/h3-4,7-8,11,13,15,18,21H,2,5-6,9-10,12H2,1H3,(H,22,23)/t18-/m0/s1. The first-order valence-electron chi connectivity index (χ1n) is 9.09. The number of imidazole rings is 1. The number of aryl methyl sites for hydroxylation is 1. The van der Waals surface area contributed by atoms with Gasteiger partial charge in [-0.1, -0.05) is 12.1 Å². The maximum absolute atomic E-state index is 5.56. The van der Waals surface area contributed by atoms with Crippen LogP contribution >= 0.6 is 0 Å². The van der Waals surface area contributed by atoms with Crippen LogP contribution in [0.1, 0.15) is 37.2 Å². The molecule has 2 aromatic heterocycles. The molecule has 1 atom stereocenters. The number of aromatic amines is 1. The highest BCUT2D eigenvalue weighted by Gasteiger charge is 2.28. The number of H-pyrrole nitrogens is 1. The van der Waals surface area contributed by atoms with Gasteiger partial charge in [-0.2, -0.15) is 5.10 Å². The van der Waals surface area contributed by atoms with Crippen LogP contribution < -0.4 is 5.32 Å². The highest BCUT2D eigenvalue weighted by molar-refractivity contribution is 5.78. The van der Waals surface area contributed by atoms with Gasteiger partial charge in [0.15, 0.2) is 0 Å². The third-order valence-electron chi connectivity index (χ3n) is 5.14. The summed E-state index contributed by atoms with van der Waals surface area (Å²) in [6, 6.07) is 6.70. The highest BCUT2D eigenvalue weighted by atomic mass is 16.5. The number of aromatic nitrogens is 4. The van der Waals surface area contributed by atoms with E-state index in [4.69, 9.17) is 4.74 Å². The van der Waals surface area contributed by atoms with Crippen molar-refractivity contribution in [1.82, 2.24) is 25.1 Å². The van der Waals surface area contributed by atoms with Gasteiger partial charge >= 0.3 is 0 Å². The summed E-state index contributed by atoms with van der Waals surface area (Å²) in [6.07, 6.45) is 7.99. The summed E-state index contributed by atoms with van der Waals surface area (Å²) in [5, 5.41) is 12.1. The van der Waals surface area contributed by atoms with E-state index in [1.165, 1.54) is 5.56 Å². The Morgan fingerprint density at radius 2 is 2.24 bits per heavy atom. The topological polar surface area (TPSA) is 67.8 Å². The minimum Gasteiger partial charge on any atom is -0.381 e. The predicted octanol–water partition coefficient (Wildman–Crippen LogP) is 3.04. The fourth-order valence-electron chi connectivity index (χ4n) is 3.71. The van der Waals surface area contributed by atoms with Crippen LogP contribution in [0.3, 0.4) is 0 Å². The second kappa shape index (κ2) is 7.37. The Morgan fingerprint density at radius 3 is 3.08 bits per heavy atom. The molecule has 3 aromatic rings. The normalized spacial score (nSPS) is 17.2. The zero-order chi connectivity index (χ0) is 17.1. The van der Waals surface area contributed by atoms with Crippen molar-refractivity contribution in [1.29, 1.82) is 0 Å². The molecule has 1 aromatic carbocycles. The number of benzene rings is 1. The lowest BCUT2D eigenvalue weighted by atomic mass is 9.90. The number of nitrogens with one attached hydrogen (secondary N) is 2.